The fourth-order valence-electron chi connectivity index (χ4n) is 4.05. The van der Waals surface area contributed by atoms with Gasteiger partial charge >= 0.3 is 0 Å². The third-order valence-electron chi connectivity index (χ3n) is 5.71. The average molecular weight is 435 g/mol. The first-order valence-corrected chi connectivity index (χ1v) is 11.8. The Morgan fingerprint density at radius 1 is 0.935 bits per heavy atom. The molecule has 4 rings (SSSR count). The topological polar surface area (TPSA) is 66.5 Å². The molecule has 0 bridgehead atoms. The third kappa shape index (κ3) is 4.21. The van der Waals surface area contributed by atoms with E-state index >= 15 is 0 Å². The highest BCUT2D eigenvalue weighted by molar-refractivity contribution is 7.92. The summed E-state index contributed by atoms with van der Waals surface area (Å²) in [6.45, 7) is 6.18. The fraction of sp³-hybridized carbons (Fsp3) is 0.240. The molecule has 0 fully saturated rings. The van der Waals surface area contributed by atoms with Gasteiger partial charge in [-0.25, -0.2) is 8.42 Å². The molecule has 3 aromatic carbocycles. The van der Waals surface area contributed by atoms with Crippen LogP contribution < -0.4 is 9.62 Å². The van der Waals surface area contributed by atoms with Gasteiger partial charge in [0.25, 0.3) is 15.9 Å². The third-order valence-corrected chi connectivity index (χ3v) is 7.21. The highest BCUT2D eigenvalue weighted by atomic mass is 32.2. The summed E-state index contributed by atoms with van der Waals surface area (Å²) < 4.78 is 29.0. The minimum absolute atomic E-state index is 0.114. The molecule has 0 radical (unpaired) electrons. The van der Waals surface area contributed by atoms with Gasteiger partial charge in [0.05, 0.1) is 10.6 Å². The van der Waals surface area contributed by atoms with Crippen LogP contribution in [-0.4, -0.2) is 20.9 Å². The number of hydrogen-bond acceptors (Lipinski definition) is 3. The standard InChI is InChI=1S/C25H26N2O3S/c1-17-10-13-22(19(3)15-17)26-31(29,30)24-16-21(12-11-18(24)2)25(28)27-14-6-8-20-7-4-5-9-23(20)27/h4-5,7,9-13,15-16,26H,6,8,14H2,1-3H3. The van der Waals surface area contributed by atoms with Crippen LogP contribution in [0, 0.1) is 20.8 Å². The molecule has 6 heteroatoms. The highest BCUT2D eigenvalue weighted by Crippen LogP contribution is 2.29. The smallest absolute Gasteiger partial charge is 0.262 e. The van der Waals surface area contributed by atoms with Crippen LogP contribution in [0.25, 0.3) is 0 Å². The Kier molecular flexibility index (Phi) is 5.58. The van der Waals surface area contributed by atoms with Crippen LogP contribution in [0.3, 0.4) is 0 Å². The predicted molar refractivity (Wildman–Crippen MR) is 124 cm³/mol. The van der Waals surface area contributed by atoms with Crippen molar-refractivity contribution in [2.45, 2.75) is 38.5 Å². The van der Waals surface area contributed by atoms with E-state index in [0.717, 1.165) is 35.2 Å². The van der Waals surface area contributed by atoms with E-state index < -0.39 is 10.0 Å². The van der Waals surface area contributed by atoms with Crippen LogP contribution in [0.4, 0.5) is 11.4 Å². The summed E-state index contributed by atoms with van der Waals surface area (Å²) in [6.07, 6.45) is 1.82. The summed E-state index contributed by atoms with van der Waals surface area (Å²) in [4.78, 5) is 15.2. The van der Waals surface area contributed by atoms with Crippen LogP contribution >= 0.6 is 0 Å². The molecule has 1 aliphatic rings. The SMILES string of the molecule is Cc1ccc(NS(=O)(=O)c2cc(C(=O)N3CCCc4ccccc43)ccc2C)c(C)c1. The largest absolute Gasteiger partial charge is 0.308 e. The Bertz CT molecular complexity index is 1270. The van der Waals surface area contributed by atoms with E-state index in [2.05, 4.69) is 4.72 Å². The number of carbonyl (C=O) groups is 1. The lowest BCUT2D eigenvalue weighted by Gasteiger charge is -2.29. The number of anilines is 2. The number of para-hydroxylation sites is 1. The van der Waals surface area contributed by atoms with Gasteiger partial charge in [-0.1, -0.05) is 42.0 Å². The van der Waals surface area contributed by atoms with Gasteiger partial charge in [0, 0.05) is 17.8 Å². The Morgan fingerprint density at radius 3 is 2.48 bits per heavy atom. The number of benzene rings is 3. The van der Waals surface area contributed by atoms with E-state index in [0.29, 0.717) is 23.4 Å². The lowest BCUT2D eigenvalue weighted by atomic mass is 10.0. The summed E-state index contributed by atoms with van der Waals surface area (Å²) >= 11 is 0. The van der Waals surface area contributed by atoms with Gasteiger partial charge in [0.15, 0.2) is 0 Å². The van der Waals surface area contributed by atoms with E-state index in [-0.39, 0.29) is 10.8 Å². The quantitative estimate of drug-likeness (QED) is 0.628. The molecule has 0 saturated carbocycles. The molecule has 1 amide bonds. The molecule has 5 nitrogen and oxygen atoms in total. The first-order chi connectivity index (χ1) is 14.8. The highest BCUT2D eigenvalue weighted by Gasteiger charge is 2.26. The zero-order valence-electron chi connectivity index (χ0n) is 18.0. The van der Waals surface area contributed by atoms with Gasteiger partial charge in [-0.15, -0.1) is 0 Å². The number of aryl methyl sites for hydroxylation is 4. The van der Waals surface area contributed by atoms with Crippen LogP contribution in [0.2, 0.25) is 0 Å². The van der Waals surface area contributed by atoms with Crippen molar-refractivity contribution < 1.29 is 13.2 Å². The van der Waals surface area contributed by atoms with Crippen molar-refractivity contribution in [1.29, 1.82) is 0 Å². The molecule has 0 aromatic heterocycles. The van der Waals surface area contributed by atoms with Crippen molar-refractivity contribution in [1.82, 2.24) is 0 Å². The average Bonchev–Trinajstić information content (AvgIpc) is 2.75. The van der Waals surface area contributed by atoms with Gasteiger partial charge in [-0.2, -0.15) is 0 Å². The van der Waals surface area contributed by atoms with Crippen LogP contribution in [-0.2, 0) is 16.4 Å². The summed E-state index contributed by atoms with van der Waals surface area (Å²) in [5.74, 6) is -0.185. The predicted octanol–water partition coefficient (Wildman–Crippen LogP) is 5.01. The monoisotopic (exact) mass is 434 g/mol. The molecule has 0 unspecified atom stereocenters. The first-order valence-electron chi connectivity index (χ1n) is 10.4. The second-order valence-corrected chi connectivity index (χ2v) is 9.74. The minimum atomic E-state index is -3.85. The molecule has 0 saturated heterocycles. The Hall–Kier alpha value is -3.12. The number of nitrogens with one attached hydrogen (secondary N) is 1. The Morgan fingerprint density at radius 2 is 1.71 bits per heavy atom. The maximum absolute atomic E-state index is 13.3. The van der Waals surface area contributed by atoms with E-state index in [1.165, 1.54) is 6.07 Å². The summed E-state index contributed by atoms with van der Waals surface area (Å²) in [5.41, 5.74) is 5.43. The van der Waals surface area contributed by atoms with Gasteiger partial charge in [0.1, 0.15) is 0 Å². The maximum Gasteiger partial charge on any atom is 0.262 e. The molecule has 160 valence electrons. The second kappa shape index (κ2) is 8.19. The molecule has 0 spiro atoms. The summed E-state index contributed by atoms with van der Waals surface area (Å²) in [7, 11) is -3.85. The molecule has 3 aromatic rings. The number of hydrogen-bond donors (Lipinski definition) is 1. The molecule has 0 aliphatic carbocycles. The van der Waals surface area contributed by atoms with E-state index in [1.54, 1.807) is 30.0 Å². The molecule has 1 N–H and O–H groups in total. The van der Waals surface area contributed by atoms with Gasteiger partial charge in [0.2, 0.25) is 0 Å². The van der Waals surface area contributed by atoms with Crippen molar-refractivity contribution in [3.8, 4) is 0 Å². The number of fused-ring (bicyclic) bond motifs is 1. The van der Waals surface area contributed by atoms with E-state index in [1.807, 2.05) is 50.2 Å². The molecule has 1 aliphatic heterocycles. The van der Waals surface area contributed by atoms with E-state index in [9.17, 15) is 13.2 Å². The van der Waals surface area contributed by atoms with Crippen molar-refractivity contribution in [3.05, 3.63) is 88.5 Å². The van der Waals surface area contributed by atoms with Gasteiger partial charge in [-0.05, 0) is 74.6 Å². The fourth-order valence-corrected chi connectivity index (χ4v) is 5.45. The van der Waals surface area contributed by atoms with Gasteiger partial charge in [-0.3, -0.25) is 9.52 Å². The number of amides is 1. The first kappa shape index (κ1) is 21.1. The number of sulfonamides is 1. The Balaban J connectivity index is 1.68. The number of nitrogens with zero attached hydrogens (tertiary/aromatic N) is 1. The van der Waals surface area contributed by atoms with Crippen LogP contribution in [0.15, 0.2) is 65.6 Å². The lowest BCUT2D eigenvalue weighted by Crippen LogP contribution is -2.35. The molecule has 31 heavy (non-hydrogen) atoms. The van der Waals surface area contributed by atoms with Crippen molar-refractivity contribution in [3.63, 3.8) is 0 Å². The lowest BCUT2D eigenvalue weighted by molar-refractivity contribution is 0.0985. The second-order valence-electron chi connectivity index (χ2n) is 8.09. The summed E-state index contributed by atoms with van der Waals surface area (Å²) in [5, 5.41) is 0. The van der Waals surface area contributed by atoms with E-state index in [4.69, 9.17) is 0 Å². The summed E-state index contributed by atoms with van der Waals surface area (Å²) in [6, 6.07) is 18.3. The normalized spacial score (nSPS) is 13.6. The Labute approximate surface area is 183 Å². The van der Waals surface area contributed by atoms with Crippen LogP contribution in [0.1, 0.15) is 39.0 Å². The molecule has 0 atom stereocenters. The molecular weight excluding hydrogens is 408 g/mol. The minimum Gasteiger partial charge on any atom is -0.308 e. The van der Waals surface area contributed by atoms with Gasteiger partial charge < -0.3 is 4.90 Å². The number of carbonyl (C=O) groups excluding carboxylic acids is 1. The molecular formula is C25H26N2O3S. The van der Waals surface area contributed by atoms with Crippen molar-refractivity contribution in [2.24, 2.45) is 0 Å². The van der Waals surface area contributed by atoms with Crippen LogP contribution in [0.5, 0.6) is 0 Å². The zero-order chi connectivity index (χ0) is 22.2. The van der Waals surface area contributed by atoms with Crippen molar-refractivity contribution >= 4 is 27.3 Å². The zero-order valence-corrected chi connectivity index (χ0v) is 18.8. The maximum atomic E-state index is 13.3. The van der Waals surface area contributed by atoms with Crippen molar-refractivity contribution in [2.75, 3.05) is 16.2 Å². The number of rotatable bonds is 4. The molecule has 1 heterocycles.